The quantitative estimate of drug-likeness (QED) is 0.0170. The minimum absolute atomic E-state index is 0.623. The van der Waals surface area contributed by atoms with Crippen molar-refractivity contribution in [2.45, 2.75) is 234 Å². The number of hydrogen-bond donors (Lipinski definition) is 0. The molecular formula is C70H96N6S4. The number of amidine groups is 2. The predicted molar refractivity (Wildman–Crippen MR) is 353 cm³/mol. The smallest absolute Gasteiger partial charge is 0.224 e. The maximum atomic E-state index is 10.4. The summed E-state index contributed by atoms with van der Waals surface area (Å²) in [6, 6.07) is 22.7. The van der Waals surface area contributed by atoms with Crippen LogP contribution >= 0.6 is 45.3 Å². The molecule has 430 valence electrons. The minimum Gasteiger partial charge on any atom is -0.329 e. The van der Waals surface area contributed by atoms with Crippen molar-refractivity contribution in [1.29, 1.82) is 5.26 Å². The predicted octanol–water partition coefficient (Wildman–Crippen LogP) is 21.5. The van der Waals surface area contributed by atoms with E-state index in [4.69, 9.17) is 11.7 Å². The molecule has 2 aliphatic rings. The molecular weight excluding hydrogens is 1050 g/mol. The average Bonchev–Trinajstić information content (AvgIpc) is 4.49. The van der Waals surface area contributed by atoms with Crippen LogP contribution in [0.15, 0.2) is 70.8 Å². The van der Waals surface area contributed by atoms with Gasteiger partial charge in [-0.1, -0.05) is 207 Å². The second kappa shape index (κ2) is 34.8. The van der Waals surface area contributed by atoms with E-state index in [-0.39, 0.29) is 0 Å². The number of unbranched alkanes of at least 4 members (excludes halogenated alkanes) is 20. The number of nitriles is 1. The molecule has 6 nitrogen and oxygen atoms in total. The van der Waals surface area contributed by atoms with Gasteiger partial charge in [-0.25, -0.2) is 0 Å². The van der Waals surface area contributed by atoms with Crippen LogP contribution in [0.25, 0.3) is 48.0 Å². The number of nitrogens with zero attached hydrogens (tertiary/aromatic N) is 6. The minimum atomic E-state index is 0.623. The van der Waals surface area contributed by atoms with Crippen LogP contribution in [0.3, 0.4) is 0 Å². The molecule has 0 unspecified atom stereocenters. The lowest BCUT2D eigenvalue weighted by molar-refractivity contribution is 0.356. The van der Waals surface area contributed by atoms with E-state index in [1.807, 2.05) is 45.3 Å². The molecule has 0 aliphatic carbocycles. The standard InChI is InChI=1S/C70H96N6S4/c1-8-12-16-20-24-28-32-55(33-29-25-21-17-13-9-2)46-48-75-54(6)59-50-62-60(51-61(59)69(75)73-52-71)68(76(70(62)74-72-7)49-47-56(34-30-26-22-18-14-10-3)35-31-27-23-19-15-11-4)67-45-44-66(80-67)65-43-40-58(79-65)38-37-57-39-42-64(78-57)63-41-36-53(5)77-63/h36-45,50-51,55-56H,8-35,46-49H2,1-6H3/b38-37+,73-69?,74-70+. The van der Waals surface area contributed by atoms with Crippen LogP contribution < -0.4 is 10.4 Å². The van der Waals surface area contributed by atoms with Crippen LogP contribution in [0, 0.1) is 36.8 Å². The van der Waals surface area contributed by atoms with Gasteiger partial charge in [0.1, 0.15) is 5.10 Å². The largest absolute Gasteiger partial charge is 0.329 e. The van der Waals surface area contributed by atoms with E-state index in [0.29, 0.717) is 11.8 Å². The Morgan fingerprint density at radius 2 is 0.900 bits per heavy atom. The van der Waals surface area contributed by atoms with Crippen molar-refractivity contribution in [3.63, 3.8) is 0 Å². The second-order valence-corrected chi connectivity index (χ2v) is 27.7. The van der Waals surface area contributed by atoms with Crippen LogP contribution in [0.2, 0.25) is 0 Å². The highest BCUT2D eigenvalue weighted by atomic mass is 32.1. The fourth-order valence-electron chi connectivity index (χ4n) is 12.2. The Morgan fingerprint density at radius 1 is 0.487 bits per heavy atom. The van der Waals surface area contributed by atoms with Gasteiger partial charge in [0.15, 0.2) is 5.84 Å². The third kappa shape index (κ3) is 18.5. The van der Waals surface area contributed by atoms with E-state index >= 15 is 0 Å². The average molecular weight is 1150 g/mol. The number of hydrogen-bond acceptors (Lipinski definition) is 7. The molecule has 0 radical (unpaired) electrons. The SMILES string of the molecule is [C-]#[N+]/N=C1\c2cc3c(cc2=C(c2ccc(-c4ccc(/C=C/c5ccc(-c6ccc(C)s6)s5)s4)s2)N1CCC(CCCCCCCC)CCCCCCCC)C(=NC#N)N(CCC(CCCCCCCC)CCCCCCCC)C=3C. The van der Waals surface area contributed by atoms with Gasteiger partial charge in [-0.3, -0.25) is 0 Å². The Bertz CT molecular complexity index is 2930. The first-order valence-electron chi connectivity index (χ1n) is 31.7. The van der Waals surface area contributed by atoms with E-state index in [2.05, 4.69) is 140 Å². The zero-order valence-electron chi connectivity index (χ0n) is 50.0. The Hall–Kier alpha value is -4.58. The van der Waals surface area contributed by atoms with Crippen LogP contribution in [-0.4, -0.2) is 34.6 Å². The summed E-state index contributed by atoms with van der Waals surface area (Å²) in [7, 11) is 0. The number of fused-ring (bicyclic) bond motifs is 2. The monoisotopic (exact) mass is 1150 g/mol. The second-order valence-electron chi connectivity index (χ2n) is 23.1. The van der Waals surface area contributed by atoms with E-state index < -0.39 is 0 Å². The van der Waals surface area contributed by atoms with Crippen molar-refractivity contribution in [2.75, 3.05) is 13.1 Å². The van der Waals surface area contributed by atoms with Crippen molar-refractivity contribution in [3.8, 4) is 25.7 Å². The van der Waals surface area contributed by atoms with Crippen LogP contribution in [0.4, 0.5) is 0 Å². The van der Waals surface area contributed by atoms with Crippen molar-refractivity contribution < 1.29 is 0 Å². The molecule has 0 saturated heterocycles. The van der Waals surface area contributed by atoms with E-state index in [9.17, 15) is 5.26 Å². The molecule has 2 aliphatic heterocycles. The van der Waals surface area contributed by atoms with Gasteiger partial charge < -0.3 is 9.80 Å². The van der Waals surface area contributed by atoms with E-state index in [1.54, 1.807) is 0 Å². The van der Waals surface area contributed by atoms with E-state index in [1.165, 1.54) is 219 Å². The third-order valence-electron chi connectivity index (χ3n) is 16.9. The summed E-state index contributed by atoms with van der Waals surface area (Å²) < 4.78 is 0. The Kier molecular flexibility index (Phi) is 27.4. The first kappa shape index (κ1) is 63.0. The fourth-order valence-corrected chi connectivity index (χ4v) is 16.2. The summed E-state index contributed by atoms with van der Waals surface area (Å²) in [5.41, 5.74) is 4.32. The van der Waals surface area contributed by atoms with Gasteiger partial charge in [0.2, 0.25) is 12.0 Å². The lowest BCUT2D eigenvalue weighted by Crippen LogP contribution is -2.29. The molecule has 7 rings (SSSR count). The van der Waals surface area contributed by atoms with Crippen LogP contribution in [-0.2, 0) is 0 Å². The normalized spacial score (nSPS) is 14.3. The number of aryl methyl sites for hydroxylation is 1. The summed E-state index contributed by atoms with van der Waals surface area (Å²) in [5.74, 6) is 2.82. The zero-order valence-corrected chi connectivity index (χ0v) is 53.3. The van der Waals surface area contributed by atoms with Crippen LogP contribution in [0.1, 0.15) is 258 Å². The van der Waals surface area contributed by atoms with Gasteiger partial charge >= 0.3 is 0 Å². The molecule has 0 fully saturated rings. The molecule has 0 spiro atoms. The number of rotatable bonds is 39. The van der Waals surface area contributed by atoms with Gasteiger partial charge in [0.25, 0.3) is 0 Å². The Labute approximate surface area is 500 Å². The van der Waals surface area contributed by atoms with Gasteiger partial charge in [-0.2, -0.15) is 16.8 Å². The Morgan fingerprint density at radius 3 is 1.38 bits per heavy atom. The molecule has 0 N–H and O–H groups in total. The van der Waals surface area contributed by atoms with E-state index in [0.717, 1.165) is 70.6 Å². The molecule has 1 aromatic carbocycles. The molecule has 0 saturated carbocycles. The maximum absolute atomic E-state index is 10.4. The number of benzene rings is 1. The molecule has 5 aromatic rings. The lowest BCUT2D eigenvalue weighted by Gasteiger charge is -2.25. The number of thiophene rings is 4. The van der Waals surface area contributed by atoms with Crippen molar-refractivity contribution in [1.82, 2.24) is 9.80 Å². The lowest BCUT2D eigenvalue weighted by atomic mass is 9.91. The molecule has 80 heavy (non-hydrogen) atoms. The summed E-state index contributed by atoms with van der Waals surface area (Å²) in [6.07, 6.45) is 45.7. The van der Waals surface area contributed by atoms with Gasteiger partial charge in [0, 0.05) is 74.5 Å². The van der Waals surface area contributed by atoms with Crippen LogP contribution in [0.5, 0.6) is 0 Å². The fraction of sp³-hybridized carbons (Fsp3) is 0.571. The topological polar surface area (TPSA) is 59.4 Å². The molecule has 0 bridgehead atoms. The first-order chi connectivity index (χ1) is 39.3. The highest BCUT2D eigenvalue weighted by Gasteiger charge is 2.35. The molecule has 0 amide bonds. The highest BCUT2D eigenvalue weighted by molar-refractivity contribution is 7.23. The maximum Gasteiger partial charge on any atom is 0.224 e. The molecule has 6 heterocycles. The summed E-state index contributed by atoms with van der Waals surface area (Å²) in [5, 5.41) is 17.3. The Balaban J connectivity index is 1.20. The van der Waals surface area contributed by atoms with Crippen molar-refractivity contribution in [3.05, 3.63) is 113 Å². The highest BCUT2D eigenvalue weighted by Crippen LogP contribution is 2.40. The summed E-state index contributed by atoms with van der Waals surface area (Å²) in [6.45, 7) is 23.5. The van der Waals surface area contributed by atoms with Gasteiger partial charge in [-0.15, -0.1) is 50.3 Å². The summed E-state index contributed by atoms with van der Waals surface area (Å²) in [4.78, 5) is 23.4. The molecule has 10 heteroatoms. The van der Waals surface area contributed by atoms with Gasteiger partial charge in [-0.05, 0) is 111 Å². The number of aliphatic imine (C=N–C) groups is 1. The molecule has 0 atom stereocenters. The first-order valence-corrected chi connectivity index (χ1v) is 35.0. The van der Waals surface area contributed by atoms with Gasteiger partial charge in [0.05, 0.1) is 10.6 Å². The van der Waals surface area contributed by atoms with Crippen molar-refractivity contribution in [2.24, 2.45) is 21.9 Å². The third-order valence-corrected chi connectivity index (χ3v) is 21.5. The zero-order chi connectivity index (χ0) is 56.3. The summed E-state index contributed by atoms with van der Waals surface area (Å²) >= 11 is 7.38. The molecule has 4 aromatic heterocycles. The van der Waals surface area contributed by atoms with Crippen molar-refractivity contribution >= 4 is 80.6 Å².